The average Bonchev–Trinajstić information content (AvgIpc) is 2.42. The SMILES string of the molecule is CCC/C=C/N(CC(=O)O)c1c(C)n(C)c(=O)n(C)c1=O. The molecule has 0 bridgehead atoms. The Labute approximate surface area is 122 Å². The van der Waals surface area contributed by atoms with Gasteiger partial charge in [0.1, 0.15) is 12.2 Å². The largest absolute Gasteiger partial charge is 0.480 e. The van der Waals surface area contributed by atoms with E-state index in [0.717, 1.165) is 17.4 Å². The number of anilines is 1. The topological polar surface area (TPSA) is 84.5 Å². The molecule has 0 aliphatic heterocycles. The number of allylic oxidation sites excluding steroid dienone is 1. The Morgan fingerprint density at radius 1 is 1.29 bits per heavy atom. The summed E-state index contributed by atoms with van der Waals surface area (Å²) < 4.78 is 2.31. The molecule has 7 heteroatoms. The van der Waals surface area contributed by atoms with E-state index in [1.54, 1.807) is 20.2 Å². The molecule has 0 aliphatic rings. The monoisotopic (exact) mass is 295 g/mol. The first-order valence-corrected chi connectivity index (χ1v) is 6.73. The van der Waals surface area contributed by atoms with Gasteiger partial charge < -0.3 is 10.0 Å². The lowest BCUT2D eigenvalue weighted by Crippen LogP contribution is -2.42. The minimum atomic E-state index is -1.05. The van der Waals surface area contributed by atoms with Crippen molar-refractivity contribution in [2.45, 2.75) is 26.7 Å². The Bertz CT molecular complexity index is 670. The van der Waals surface area contributed by atoms with Crippen LogP contribution in [0.4, 0.5) is 5.69 Å². The maximum absolute atomic E-state index is 12.3. The first-order valence-electron chi connectivity index (χ1n) is 6.73. The molecule has 116 valence electrons. The van der Waals surface area contributed by atoms with Crippen LogP contribution in [0.3, 0.4) is 0 Å². The lowest BCUT2D eigenvalue weighted by atomic mass is 10.3. The molecule has 0 aliphatic carbocycles. The number of hydrogen-bond acceptors (Lipinski definition) is 4. The van der Waals surface area contributed by atoms with E-state index in [1.165, 1.54) is 16.5 Å². The summed E-state index contributed by atoms with van der Waals surface area (Å²) in [7, 11) is 2.93. The minimum absolute atomic E-state index is 0.203. The van der Waals surface area contributed by atoms with Crippen LogP contribution in [-0.4, -0.2) is 26.8 Å². The predicted molar refractivity (Wildman–Crippen MR) is 80.7 cm³/mol. The summed E-state index contributed by atoms with van der Waals surface area (Å²) in [6.07, 6.45) is 5.10. The Morgan fingerprint density at radius 3 is 2.43 bits per heavy atom. The van der Waals surface area contributed by atoms with Crippen molar-refractivity contribution in [1.29, 1.82) is 0 Å². The van der Waals surface area contributed by atoms with Crippen molar-refractivity contribution in [3.05, 3.63) is 38.8 Å². The second-order valence-corrected chi connectivity index (χ2v) is 4.83. The second-order valence-electron chi connectivity index (χ2n) is 4.83. The smallest absolute Gasteiger partial charge is 0.330 e. The van der Waals surface area contributed by atoms with Crippen LogP contribution in [-0.2, 0) is 18.9 Å². The van der Waals surface area contributed by atoms with Gasteiger partial charge >= 0.3 is 11.7 Å². The third-order valence-corrected chi connectivity index (χ3v) is 3.26. The van der Waals surface area contributed by atoms with E-state index < -0.39 is 17.2 Å². The molecule has 0 saturated carbocycles. The van der Waals surface area contributed by atoms with E-state index in [-0.39, 0.29) is 12.2 Å². The number of carboxylic acid groups (broad SMARTS) is 1. The minimum Gasteiger partial charge on any atom is -0.480 e. The van der Waals surface area contributed by atoms with Gasteiger partial charge in [-0.25, -0.2) is 4.79 Å². The molecule has 0 radical (unpaired) electrons. The summed E-state index contributed by atoms with van der Waals surface area (Å²) in [5.74, 6) is -1.05. The summed E-state index contributed by atoms with van der Waals surface area (Å²) in [4.78, 5) is 36.5. The zero-order valence-corrected chi connectivity index (χ0v) is 12.8. The number of unbranched alkanes of at least 4 members (excludes halogenated alkanes) is 1. The third kappa shape index (κ3) is 3.62. The molecule has 0 atom stereocenters. The van der Waals surface area contributed by atoms with Gasteiger partial charge in [-0.2, -0.15) is 0 Å². The molecule has 0 amide bonds. The van der Waals surface area contributed by atoms with Gasteiger partial charge in [0.05, 0.1) is 0 Å². The first-order chi connectivity index (χ1) is 9.81. The van der Waals surface area contributed by atoms with Crippen molar-refractivity contribution in [3.63, 3.8) is 0 Å². The highest BCUT2D eigenvalue weighted by molar-refractivity contribution is 5.74. The number of hydrogen-bond donors (Lipinski definition) is 1. The van der Waals surface area contributed by atoms with Crippen molar-refractivity contribution < 1.29 is 9.90 Å². The van der Waals surface area contributed by atoms with Crippen LogP contribution in [0.15, 0.2) is 21.9 Å². The van der Waals surface area contributed by atoms with Crippen LogP contribution in [0, 0.1) is 6.92 Å². The summed E-state index contributed by atoms with van der Waals surface area (Å²) in [6.45, 7) is 3.29. The fraction of sp³-hybridized carbons (Fsp3) is 0.500. The van der Waals surface area contributed by atoms with Crippen molar-refractivity contribution >= 4 is 11.7 Å². The van der Waals surface area contributed by atoms with Gasteiger partial charge in [0.2, 0.25) is 0 Å². The summed E-state index contributed by atoms with van der Waals surface area (Å²) in [5.41, 5.74) is -0.299. The van der Waals surface area contributed by atoms with E-state index in [2.05, 4.69) is 0 Å². The number of rotatable bonds is 6. The second kappa shape index (κ2) is 6.92. The average molecular weight is 295 g/mol. The Morgan fingerprint density at radius 2 is 1.90 bits per heavy atom. The van der Waals surface area contributed by atoms with Gasteiger partial charge in [-0.1, -0.05) is 19.4 Å². The fourth-order valence-corrected chi connectivity index (χ4v) is 1.98. The molecule has 1 aromatic heterocycles. The molecule has 1 heterocycles. The Kier molecular flexibility index (Phi) is 5.52. The highest BCUT2D eigenvalue weighted by Crippen LogP contribution is 2.13. The summed E-state index contributed by atoms with van der Waals surface area (Å²) >= 11 is 0. The fourth-order valence-electron chi connectivity index (χ4n) is 1.98. The maximum Gasteiger partial charge on any atom is 0.330 e. The van der Waals surface area contributed by atoms with Crippen LogP contribution < -0.4 is 16.1 Å². The van der Waals surface area contributed by atoms with E-state index in [1.807, 2.05) is 13.0 Å². The Balaban J connectivity index is 3.47. The maximum atomic E-state index is 12.3. The molecule has 0 aromatic carbocycles. The number of aliphatic carboxylic acids is 1. The van der Waals surface area contributed by atoms with Gasteiger partial charge in [0.25, 0.3) is 5.56 Å². The third-order valence-electron chi connectivity index (χ3n) is 3.26. The molecule has 0 unspecified atom stereocenters. The van der Waals surface area contributed by atoms with Crippen LogP contribution >= 0.6 is 0 Å². The van der Waals surface area contributed by atoms with Crippen LogP contribution in [0.25, 0.3) is 0 Å². The number of carbonyl (C=O) groups is 1. The molecule has 0 fully saturated rings. The van der Waals surface area contributed by atoms with E-state index >= 15 is 0 Å². The molecule has 0 saturated heterocycles. The molecule has 7 nitrogen and oxygen atoms in total. The highest BCUT2D eigenvalue weighted by Gasteiger charge is 2.19. The molecule has 21 heavy (non-hydrogen) atoms. The van der Waals surface area contributed by atoms with E-state index in [9.17, 15) is 14.4 Å². The van der Waals surface area contributed by atoms with Crippen LogP contribution in [0.5, 0.6) is 0 Å². The Hall–Kier alpha value is -2.31. The standard InChI is InChI=1S/C14H21N3O4/c1-5-6-7-8-17(9-11(18)19)12-10(2)15(3)14(21)16(4)13(12)20/h7-8H,5-6,9H2,1-4H3,(H,18,19)/b8-7+. The van der Waals surface area contributed by atoms with Gasteiger partial charge in [0, 0.05) is 26.0 Å². The van der Waals surface area contributed by atoms with Crippen LogP contribution in [0.2, 0.25) is 0 Å². The lowest BCUT2D eigenvalue weighted by molar-refractivity contribution is -0.135. The van der Waals surface area contributed by atoms with Crippen molar-refractivity contribution in [3.8, 4) is 0 Å². The predicted octanol–water partition coefficient (Wildman–Crippen LogP) is 0.597. The van der Waals surface area contributed by atoms with Crippen LogP contribution in [0.1, 0.15) is 25.5 Å². The van der Waals surface area contributed by atoms with Gasteiger partial charge in [-0.15, -0.1) is 0 Å². The van der Waals surface area contributed by atoms with E-state index in [4.69, 9.17) is 5.11 Å². The number of aromatic nitrogens is 2. The number of carboxylic acids is 1. The molecule has 1 N–H and O–H groups in total. The normalized spacial score (nSPS) is 11.0. The van der Waals surface area contributed by atoms with Crippen molar-refractivity contribution in [1.82, 2.24) is 9.13 Å². The van der Waals surface area contributed by atoms with Gasteiger partial charge in [-0.3, -0.25) is 18.7 Å². The quantitative estimate of drug-likeness (QED) is 0.830. The molecular weight excluding hydrogens is 274 g/mol. The highest BCUT2D eigenvalue weighted by atomic mass is 16.4. The zero-order valence-electron chi connectivity index (χ0n) is 12.8. The van der Waals surface area contributed by atoms with E-state index in [0.29, 0.717) is 5.69 Å². The summed E-state index contributed by atoms with van der Waals surface area (Å²) in [6, 6.07) is 0. The molecule has 0 spiro atoms. The molecular formula is C14H21N3O4. The summed E-state index contributed by atoms with van der Waals surface area (Å²) in [5, 5.41) is 9.02. The first kappa shape index (κ1) is 16.7. The van der Waals surface area contributed by atoms with Gasteiger partial charge in [-0.05, 0) is 13.3 Å². The molecule has 1 aromatic rings. The lowest BCUT2D eigenvalue weighted by Gasteiger charge is -2.21. The van der Waals surface area contributed by atoms with Gasteiger partial charge in [0.15, 0.2) is 0 Å². The van der Waals surface area contributed by atoms with Crippen molar-refractivity contribution in [2.75, 3.05) is 11.4 Å². The number of nitrogens with zero attached hydrogens (tertiary/aromatic N) is 3. The zero-order chi connectivity index (χ0) is 16.2. The van der Waals surface area contributed by atoms with Crippen molar-refractivity contribution in [2.24, 2.45) is 14.1 Å². The molecule has 1 rings (SSSR count).